The fourth-order valence-corrected chi connectivity index (χ4v) is 2.84. The van der Waals surface area contributed by atoms with Crippen molar-refractivity contribution in [3.63, 3.8) is 0 Å². The Labute approximate surface area is 109 Å². The summed E-state index contributed by atoms with van der Waals surface area (Å²) >= 11 is 0. The lowest BCUT2D eigenvalue weighted by molar-refractivity contribution is 0.475. The predicted octanol–water partition coefficient (Wildman–Crippen LogP) is 1.04. The van der Waals surface area contributed by atoms with Gasteiger partial charge in [-0.3, -0.25) is 14.3 Å². The average molecular weight is 257 g/mol. The maximum atomic E-state index is 12.0. The van der Waals surface area contributed by atoms with Crippen LogP contribution in [0.3, 0.4) is 0 Å². The second-order valence-electron chi connectivity index (χ2n) is 4.84. The summed E-state index contributed by atoms with van der Waals surface area (Å²) < 4.78 is 1.49. The van der Waals surface area contributed by atoms with E-state index >= 15 is 0 Å². The fraction of sp³-hybridized carbons (Fsp3) is 0.286. The molecule has 0 aliphatic heterocycles. The molecule has 5 heteroatoms. The van der Waals surface area contributed by atoms with Crippen LogP contribution in [0.15, 0.2) is 39.9 Å². The van der Waals surface area contributed by atoms with Gasteiger partial charge in [0.25, 0.3) is 5.56 Å². The van der Waals surface area contributed by atoms with E-state index in [4.69, 9.17) is 5.73 Å². The zero-order valence-corrected chi connectivity index (χ0v) is 10.4. The molecule has 1 aromatic carbocycles. The van der Waals surface area contributed by atoms with Crippen LogP contribution >= 0.6 is 0 Å². The van der Waals surface area contributed by atoms with Crippen LogP contribution < -0.4 is 17.0 Å². The molecule has 1 unspecified atom stereocenters. The van der Waals surface area contributed by atoms with Gasteiger partial charge in [0.1, 0.15) is 5.82 Å². The monoisotopic (exact) mass is 257 g/mol. The average Bonchev–Trinajstić information content (AvgIpc) is 2.38. The lowest BCUT2D eigenvalue weighted by Gasteiger charge is -2.27. The Hall–Kier alpha value is -2.30. The summed E-state index contributed by atoms with van der Waals surface area (Å²) in [5.74, 6) is 0.218. The van der Waals surface area contributed by atoms with E-state index in [0.29, 0.717) is 0 Å². The first kappa shape index (κ1) is 11.8. The van der Waals surface area contributed by atoms with Crippen LogP contribution in [0.25, 0.3) is 0 Å². The van der Waals surface area contributed by atoms with Gasteiger partial charge in [-0.25, -0.2) is 4.79 Å². The Morgan fingerprint density at radius 1 is 1.26 bits per heavy atom. The molecule has 1 aromatic heterocycles. The maximum absolute atomic E-state index is 12.0. The number of benzene rings is 1. The van der Waals surface area contributed by atoms with Crippen molar-refractivity contribution in [1.29, 1.82) is 0 Å². The molecule has 0 fully saturated rings. The molecule has 0 radical (unpaired) electrons. The number of aryl methyl sites for hydroxylation is 1. The molecular weight excluding hydrogens is 242 g/mol. The molecule has 98 valence electrons. The van der Waals surface area contributed by atoms with E-state index in [9.17, 15) is 9.59 Å². The number of nitrogens with one attached hydrogen (secondary N) is 1. The molecule has 0 saturated heterocycles. The molecule has 2 aromatic rings. The highest BCUT2D eigenvalue weighted by atomic mass is 16.2. The highest BCUT2D eigenvalue weighted by Crippen LogP contribution is 2.32. The number of aromatic amines is 1. The van der Waals surface area contributed by atoms with Gasteiger partial charge >= 0.3 is 5.69 Å². The molecule has 3 rings (SSSR count). The van der Waals surface area contributed by atoms with Crippen molar-refractivity contribution in [2.45, 2.75) is 25.3 Å². The van der Waals surface area contributed by atoms with Gasteiger partial charge in [-0.1, -0.05) is 24.3 Å². The number of nitrogens with zero attached hydrogens (tertiary/aromatic N) is 1. The Balaban J connectivity index is 2.20. The Morgan fingerprint density at radius 3 is 2.84 bits per heavy atom. The second-order valence-corrected chi connectivity index (χ2v) is 4.84. The van der Waals surface area contributed by atoms with Crippen molar-refractivity contribution in [1.82, 2.24) is 9.55 Å². The van der Waals surface area contributed by atoms with E-state index < -0.39 is 11.2 Å². The number of hydrogen-bond donors (Lipinski definition) is 2. The van der Waals surface area contributed by atoms with Gasteiger partial charge < -0.3 is 5.73 Å². The quantitative estimate of drug-likeness (QED) is 0.801. The Morgan fingerprint density at radius 2 is 2.05 bits per heavy atom. The first-order valence-electron chi connectivity index (χ1n) is 6.36. The summed E-state index contributed by atoms with van der Waals surface area (Å²) in [6, 6.07) is 9.24. The SMILES string of the molecule is Nc1cc(=O)[nH]c(=O)n1C1CCCc2ccccc21. The number of nitrogens with two attached hydrogens (primary N) is 1. The molecule has 0 bridgehead atoms. The summed E-state index contributed by atoms with van der Waals surface area (Å²) in [6.07, 6.45) is 2.88. The molecule has 1 aliphatic rings. The van der Waals surface area contributed by atoms with E-state index in [1.807, 2.05) is 18.2 Å². The Bertz CT molecular complexity index is 730. The van der Waals surface area contributed by atoms with Crippen molar-refractivity contribution in [3.05, 3.63) is 62.3 Å². The van der Waals surface area contributed by atoms with Crippen molar-refractivity contribution in [3.8, 4) is 0 Å². The van der Waals surface area contributed by atoms with Gasteiger partial charge in [0.05, 0.1) is 6.04 Å². The molecule has 5 nitrogen and oxygen atoms in total. The number of hydrogen-bond acceptors (Lipinski definition) is 3. The number of anilines is 1. The molecule has 0 spiro atoms. The summed E-state index contributed by atoms with van der Waals surface area (Å²) in [6.45, 7) is 0. The second kappa shape index (κ2) is 4.42. The van der Waals surface area contributed by atoms with Crippen LogP contribution in [0.2, 0.25) is 0 Å². The summed E-state index contributed by atoms with van der Waals surface area (Å²) in [4.78, 5) is 25.5. The number of nitrogen functional groups attached to an aromatic ring is 1. The summed E-state index contributed by atoms with van der Waals surface area (Å²) in [7, 11) is 0. The standard InChI is InChI=1S/C14H15N3O2/c15-12-8-13(18)16-14(19)17(12)11-7-3-5-9-4-1-2-6-10(9)11/h1-2,4,6,8,11H,3,5,7,15H2,(H,16,18,19). The van der Waals surface area contributed by atoms with Gasteiger partial charge in [0.2, 0.25) is 0 Å². The van der Waals surface area contributed by atoms with Gasteiger partial charge in [0.15, 0.2) is 0 Å². The minimum atomic E-state index is -0.456. The third kappa shape index (κ3) is 1.97. The minimum Gasteiger partial charge on any atom is -0.385 e. The van der Waals surface area contributed by atoms with Crippen LogP contribution in [0, 0.1) is 0 Å². The third-order valence-electron chi connectivity index (χ3n) is 3.66. The van der Waals surface area contributed by atoms with Crippen LogP contribution in [0.5, 0.6) is 0 Å². The first-order chi connectivity index (χ1) is 9.16. The van der Waals surface area contributed by atoms with E-state index in [2.05, 4.69) is 11.1 Å². The zero-order chi connectivity index (χ0) is 13.4. The predicted molar refractivity (Wildman–Crippen MR) is 73.3 cm³/mol. The van der Waals surface area contributed by atoms with Crippen LogP contribution in [-0.4, -0.2) is 9.55 Å². The highest BCUT2D eigenvalue weighted by molar-refractivity contribution is 5.36. The van der Waals surface area contributed by atoms with E-state index in [1.165, 1.54) is 16.2 Å². The molecule has 1 atom stereocenters. The normalized spacial score (nSPS) is 18.0. The lowest BCUT2D eigenvalue weighted by Crippen LogP contribution is -2.35. The van der Waals surface area contributed by atoms with Gasteiger partial charge in [-0.2, -0.15) is 0 Å². The number of H-pyrrole nitrogens is 1. The van der Waals surface area contributed by atoms with E-state index in [0.717, 1.165) is 24.8 Å². The smallest absolute Gasteiger partial charge is 0.330 e. The van der Waals surface area contributed by atoms with Gasteiger partial charge in [0, 0.05) is 6.07 Å². The van der Waals surface area contributed by atoms with Crippen LogP contribution in [-0.2, 0) is 6.42 Å². The highest BCUT2D eigenvalue weighted by Gasteiger charge is 2.23. The number of fused-ring (bicyclic) bond motifs is 1. The fourth-order valence-electron chi connectivity index (χ4n) is 2.84. The first-order valence-corrected chi connectivity index (χ1v) is 6.36. The maximum Gasteiger partial charge on any atom is 0.330 e. The lowest BCUT2D eigenvalue weighted by atomic mass is 9.87. The number of rotatable bonds is 1. The molecule has 1 heterocycles. The van der Waals surface area contributed by atoms with Gasteiger partial charge in [-0.05, 0) is 30.4 Å². The molecule has 3 N–H and O–H groups in total. The molecule has 0 amide bonds. The van der Waals surface area contributed by atoms with E-state index in [-0.39, 0.29) is 11.9 Å². The van der Waals surface area contributed by atoms with Crippen molar-refractivity contribution < 1.29 is 0 Å². The van der Waals surface area contributed by atoms with Crippen LogP contribution in [0.4, 0.5) is 5.82 Å². The molecule has 0 saturated carbocycles. The topological polar surface area (TPSA) is 80.9 Å². The molecule has 19 heavy (non-hydrogen) atoms. The zero-order valence-electron chi connectivity index (χ0n) is 10.4. The third-order valence-corrected chi connectivity index (χ3v) is 3.66. The summed E-state index contributed by atoms with van der Waals surface area (Å²) in [5.41, 5.74) is 7.33. The van der Waals surface area contributed by atoms with E-state index in [1.54, 1.807) is 0 Å². The number of aromatic nitrogens is 2. The minimum absolute atomic E-state index is 0.0886. The van der Waals surface area contributed by atoms with Gasteiger partial charge in [-0.15, -0.1) is 0 Å². The van der Waals surface area contributed by atoms with Crippen molar-refractivity contribution in [2.24, 2.45) is 0 Å². The van der Waals surface area contributed by atoms with Crippen molar-refractivity contribution >= 4 is 5.82 Å². The molecular formula is C14H15N3O2. The van der Waals surface area contributed by atoms with Crippen molar-refractivity contribution in [2.75, 3.05) is 5.73 Å². The van der Waals surface area contributed by atoms with Crippen LogP contribution in [0.1, 0.15) is 30.0 Å². The largest absolute Gasteiger partial charge is 0.385 e. The molecule has 1 aliphatic carbocycles. The summed E-state index contributed by atoms with van der Waals surface area (Å²) in [5, 5.41) is 0. The Kier molecular flexibility index (Phi) is 2.74.